The summed E-state index contributed by atoms with van der Waals surface area (Å²) in [5, 5.41) is 2.68. The van der Waals surface area contributed by atoms with Gasteiger partial charge in [0.1, 0.15) is 0 Å². The van der Waals surface area contributed by atoms with Crippen molar-refractivity contribution in [2.24, 2.45) is 0 Å². The summed E-state index contributed by atoms with van der Waals surface area (Å²) < 4.78 is 39.7. The lowest BCUT2D eigenvalue weighted by atomic mass is 10.1. The second-order valence-corrected chi connectivity index (χ2v) is 6.43. The van der Waals surface area contributed by atoms with Gasteiger partial charge in [0.25, 0.3) is 0 Å². The van der Waals surface area contributed by atoms with E-state index in [0.717, 1.165) is 16.7 Å². The Kier molecular flexibility index (Phi) is 6.66. The number of halogens is 3. The number of para-hydroxylation sites is 1. The second-order valence-electron chi connectivity index (χ2n) is 6.43. The first kappa shape index (κ1) is 21.3. The maximum absolute atomic E-state index is 13.2. The largest absolute Gasteiger partial charge is 0.418 e. The number of amides is 2. The molecule has 0 atom stereocenters. The molecular weight excluding hydrogens is 371 g/mol. The minimum atomic E-state index is -4.60. The zero-order valence-corrected chi connectivity index (χ0v) is 15.9. The summed E-state index contributed by atoms with van der Waals surface area (Å²) in [6.07, 6.45) is -4.73. The van der Waals surface area contributed by atoms with Crippen molar-refractivity contribution in [1.29, 1.82) is 0 Å². The lowest BCUT2D eigenvalue weighted by Gasteiger charge is -2.24. The molecule has 0 bridgehead atoms. The lowest BCUT2D eigenvalue weighted by Crippen LogP contribution is -2.33. The smallest absolute Gasteiger partial charge is 0.378 e. The van der Waals surface area contributed by atoms with E-state index >= 15 is 0 Å². The van der Waals surface area contributed by atoms with Gasteiger partial charge in [-0.25, -0.2) is 0 Å². The highest BCUT2D eigenvalue weighted by Gasteiger charge is 2.35. The fourth-order valence-corrected chi connectivity index (χ4v) is 2.68. The Bertz CT molecular complexity index is 833. The predicted molar refractivity (Wildman–Crippen MR) is 103 cm³/mol. The Morgan fingerprint density at radius 1 is 1.00 bits per heavy atom. The van der Waals surface area contributed by atoms with E-state index < -0.39 is 23.6 Å². The first-order valence-corrected chi connectivity index (χ1v) is 8.61. The number of nitrogens with zero attached hydrogens (tertiary/aromatic N) is 2. The van der Waals surface area contributed by atoms with Crippen LogP contribution in [0.25, 0.3) is 0 Å². The van der Waals surface area contributed by atoms with E-state index in [4.69, 9.17) is 0 Å². The van der Waals surface area contributed by atoms with Gasteiger partial charge in [-0.1, -0.05) is 12.1 Å². The van der Waals surface area contributed by atoms with Crippen LogP contribution in [0.5, 0.6) is 0 Å². The summed E-state index contributed by atoms with van der Waals surface area (Å²) in [4.78, 5) is 27.0. The van der Waals surface area contributed by atoms with Crippen LogP contribution in [0.15, 0.2) is 48.5 Å². The van der Waals surface area contributed by atoms with Crippen molar-refractivity contribution in [1.82, 2.24) is 0 Å². The molecule has 0 radical (unpaired) electrons. The molecule has 2 rings (SSSR count). The number of benzene rings is 2. The number of anilines is 3. The molecule has 0 aromatic heterocycles. The number of nitrogens with one attached hydrogen (secondary N) is 1. The standard InChI is InChI=1S/C20H22F3N3O2/c1-14(27)26(18-7-5-4-6-17(18)20(21,22)23)13-12-19(28)24-15-8-10-16(11-9-15)25(2)3/h4-11H,12-13H2,1-3H3,(H,24,28). The Morgan fingerprint density at radius 3 is 2.14 bits per heavy atom. The van der Waals surface area contributed by atoms with Crippen molar-refractivity contribution >= 4 is 28.9 Å². The molecule has 150 valence electrons. The molecule has 5 nitrogen and oxygen atoms in total. The molecule has 0 fully saturated rings. The third kappa shape index (κ3) is 5.48. The average molecular weight is 393 g/mol. The minimum Gasteiger partial charge on any atom is -0.378 e. The number of hydrogen-bond donors (Lipinski definition) is 1. The summed E-state index contributed by atoms with van der Waals surface area (Å²) in [6.45, 7) is 1.01. The van der Waals surface area contributed by atoms with E-state index in [0.29, 0.717) is 5.69 Å². The topological polar surface area (TPSA) is 52.7 Å². The molecule has 28 heavy (non-hydrogen) atoms. The van der Waals surface area contributed by atoms with Crippen LogP contribution in [0.1, 0.15) is 18.9 Å². The lowest BCUT2D eigenvalue weighted by molar-refractivity contribution is -0.137. The highest BCUT2D eigenvalue weighted by atomic mass is 19.4. The molecular formula is C20H22F3N3O2. The van der Waals surface area contributed by atoms with Gasteiger partial charge >= 0.3 is 6.18 Å². The molecule has 2 aromatic carbocycles. The van der Waals surface area contributed by atoms with Gasteiger partial charge in [0.2, 0.25) is 11.8 Å². The van der Waals surface area contributed by atoms with Crippen LogP contribution in [0.2, 0.25) is 0 Å². The van der Waals surface area contributed by atoms with Gasteiger partial charge in [0.05, 0.1) is 11.3 Å². The monoisotopic (exact) mass is 393 g/mol. The zero-order chi connectivity index (χ0) is 20.9. The maximum Gasteiger partial charge on any atom is 0.418 e. The van der Waals surface area contributed by atoms with Crippen molar-refractivity contribution in [3.63, 3.8) is 0 Å². The minimum absolute atomic E-state index is 0.138. The predicted octanol–water partition coefficient (Wildman–Crippen LogP) is 4.15. The van der Waals surface area contributed by atoms with E-state index in [1.165, 1.54) is 25.1 Å². The number of rotatable bonds is 6. The summed E-state index contributed by atoms with van der Waals surface area (Å²) in [5.41, 5.74) is 0.362. The number of alkyl halides is 3. The van der Waals surface area contributed by atoms with Gasteiger partial charge in [-0.3, -0.25) is 9.59 Å². The van der Waals surface area contributed by atoms with Crippen molar-refractivity contribution < 1.29 is 22.8 Å². The summed E-state index contributed by atoms with van der Waals surface area (Å²) >= 11 is 0. The normalized spacial score (nSPS) is 11.1. The van der Waals surface area contributed by atoms with Crippen LogP contribution >= 0.6 is 0 Å². The summed E-state index contributed by atoms with van der Waals surface area (Å²) in [5.74, 6) is -0.965. The Hall–Kier alpha value is -3.03. The third-order valence-corrected chi connectivity index (χ3v) is 4.11. The van der Waals surface area contributed by atoms with Crippen LogP contribution in [-0.4, -0.2) is 32.5 Å². The maximum atomic E-state index is 13.2. The first-order chi connectivity index (χ1) is 13.1. The molecule has 0 heterocycles. The van der Waals surface area contributed by atoms with Crippen LogP contribution in [-0.2, 0) is 15.8 Å². The van der Waals surface area contributed by atoms with Crippen LogP contribution in [0.3, 0.4) is 0 Å². The molecule has 0 unspecified atom stereocenters. The number of carbonyl (C=O) groups is 2. The Morgan fingerprint density at radius 2 is 1.61 bits per heavy atom. The molecule has 0 saturated heterocycles. The second kappa shape index (κ2) is 8.77. The van der Waals surface area contributed by atoms with E-state index in [1.807, 2.05) is 31.1 Å². The SMILES string of the molecule is CC(=O)N(CCC(=O)Nc1ccc(N(C)C)cc1)c1ccccc1C(F)(F)F. The van der Waals surface area contributed by atoms with Gasteiger partial charge in [0.15, 0.2) is 0 Å². The van der Waals surface area contributed by atoms with Gasteiger partial charge in [-0.05, 0) is 36.4 Å². The first-order valence-electron chi connectivity index (χ1n) is 8.61. The molecule has 0 aliphatic carbocycles. The molecule has 2 amide bonds. The van der Waals surface area contributed by atoms with Crippen molar-refractivity contribution in [3.05, 3.63) is 54.1 Å². The van der Waals surface area contributed by atoms with E-state index in [2.05, 4.69) is 5.32 Å². The highest BCUT2D eigenvalue weighted by Crippen LogP contribution is 2.36. The molecule has 8 heteroatoms. The molecule has 1 N–H and O–H groups in total. The average Bonchev–Trinajstić information content (AvgIpc) is 2.61. The van der Waals surface area contributed by atoms with Crippen LogP contribution in [0.4, 0.5) is 30.2 Å². The number of carbonyl (C=O) groups excluding carboxylic acids is 2. The van der Waals surface area contributed by atoms with E-state index in [1.54, 1.807) is 12.1 Å². The zero-order valence-electron chi connectivity index (χ0n) is 15.9. The molecule has 0 spiro atoms. The molecule has 0 aliphatic rings. The fraction of sp³-hybridized carbons (Fsp3) is 0.300. The highest BCUT2D eigenvalue weighted by molar-refractivity contribution is 5.95. The number of hydrogen-bond acceptors (Lipinski definition) is 3. The van der Waals surface area contributed by atoms with Gasteiger partial charge in [-0.15, -0.1) is 0 Å². The van der Waals surface area contributed by atoms with E-state index in [9.17, 15) is 22.8 Å². The quantitative estimate of drug-likeness (QED) is 0.802. The molecule has 2 aromatic rings. The summed E-state index contributed by atoms with van der Waals surface area (Å²) in [6, 6.07) is 11.9. The van der Waals surface area contributed by atoms with Crippen molar-refractivity contribution in [3.8, 4) is 0 Å². The fourth-order valence-electron chi connectivity index (χ4n) is 2.68. The molecule has 0 aliphatic heterocycles. The van der Waals surface area contributed by atoms with Gasteiger partial charge in [0, 0.05) is 45.4 Å². The summed E-state index contributed by atoms with van der Waals surface area (Å²) in [7, 11) is 3.78. The van der Waals surface area contributed by atoms with E-state index in [-0.39, 0.29) is 18.7 Å². The van der Waals surface area contributed by atoms with Crippen molar-refractivity contribution in [2.75, 3.05) is 35.8 Å². The van der Waals surface area contributed by atoms with Gasteiger partial charge < -0.3 is 15.1 Å². The van der Waals surface area contributed by atoms with Crippen molar-refractivity contribution in [2.45, 2.75) is 19.5 Å². The van der Waals surface area contributed by atoms with Gasteiger partial charge in [-0.2, -0.15) is 13.2 Å². The molecule has 0 saturated carbocycles. The Balaban J connectivity index is 2.08. The van der Waals surface area contributed by atoms with Crippen LogP contribution in [0, 0.1) is 0 Å². The Labute approximate surface area is 161 Å². The van der Waals surface area contributed by atoms with Crippen LogP contribution < -0.4 is 15.1 Å². The third-order valence-electron chi connectivity index (χ3n) is 4.11.